The van der Waals surface area contributed by atoms with Gasteiger partial charge in [-0.2, -0.15) is 0 Å². The fourth-order valence-corrected chi connectivity index (χ4v) is 6.52. The standard InChI is InChI=1S/C35H27ClN2O8S/c1-4-45-34(42)29-30(19-8-6-5-7-9-19)37-35-38(31(29)20-11-14-26(43-2)27(17-20)44-3)32(39)28(47-35)18-22-12-15-25(46-22)23-16-21(33(40)41)10-13-24(23)36/h5-18,31H,4H2,1-3H3,(H,40,41)/b28-18-/t31-/m1/s1. The molecule has 0 aliphatic carbocycles. The van der Waals surface area contributed by atoms with Crippen molar-refractivity contribution in [3.63, 3.8) is 0 Å². The summed E-state index contributed by atoms with van der Waals surface area (Å²) >= 11 is 7.49. The molecule has 47 heavy (non-hydrogen) atoms. The summed E-state index contributed by atoms with van der Waals surface area (Å²) in [6.07, 6.45) is 1.57. The van der Waals surface area contributed by atoms with E-state index < -0.39 is 23.5 Å². The predicted molar refractivity (Wildman–Crippen MR) is 177 cm³/mol. The van der Waals surface area contributed by atoms with Crippen LogP contribution < -0.4 is 24.4 Å². The molecule has 0 bridgehead atoms. The van der Waals surface area contributed by atoms with Crippen molar-refractivity contribution in [3.05, 3.63) is 132 Å². The maximum atomic E-state index is 14.2. The fourth-order valence-electron chi connectivity index (χ4n) is 5.33. The third-order valence-corrected chi connectivity index (χ3v) is 8.79. The Bertz CT molecular complexity index is 2230. The van der Waals surface area contributed by atoms with Crippen molar-refractivity contribution in [2.75, 3.05) is 20.8 Å². The smallest absolute Gasteiger partial charge is 0.338 e. The topological polar surface area (TPSA) is 130 Å². The number of aromatic carboxylic acids is 1. The first-order valence-electron chi connectivity index (χ1n) is 14.4. The Labute approximate surface area is 277 Å². The minimum atomic E-state index is -1.10. The maximum absolute atomic E-state index is 14.2. The molecule has 12 heteroatoms. The Hall–Kier alpha value is -5.39. The van der Waals surface area contributed by atoms with Crippen molar-refractivity contribution >= 4 is 46.6 Å². The Kier molecular flexibility index (Phi) is 8.84. The monoisotopic (exact) mass is 670 g/mol. The largest absolute Gasteiger partial charge is 0.493 e. The number of benzene rings is 3. The van der Waals surface area contributed by atoms with Gasteiger partial charge in [-0.1, -0.05) is 59.3 Å². The van der Waals surface area contributed by atoms with Crippen LogP contribution in [0.2, 0.25) is 5.02 Å². The number of aromatic nitrogens is 1. The lowest BCUT2D eigenvalue weighted by atomic mass is 9.93. The zero-order chi connectivity index (χ0) is 33.2. The average molecular weight is 671 g/mol. The molecule has 0 radical (unpaired) electrons. The van der Waals surface area contributed by atoms with E-state index in [9.17, 15) is 19.5 Å². The van der Waals surface area contributed by atoms with Gasteiger partial charge in [0.15, 0.2) is 16.3 Å². The Morgan fingerprint density at radius 1 is 1.02 bits per heavy atom. The summed E-state index contributed by atoms with van der Waals surface area (Å²) in [7, 11) is 3.03. The molecule has 0 amide bonds. The quantitative estimate of drug-likeness (QED) is 0.202. The van der Waals surface area contributed by atoms with E-state index in [0.717, 1.165) is 11.3 Å². The second-order valence-corrected chi connectivity index (χ2v) is 11.7. The maximum Gasteiger partial charge on any atom is 0.338 e. The van der Waals surface area contributed by atoms with E-state index in [1.165, 1.54) is 37.0 Å². The molecule has 6 rings (SSSR count). The van der Waals surface area contributed by atoms with Crippen LogP contribution in [0.5, 0.6) is 11.5 Å². The van der Waals surface area contributed by atoms with E-state index in [2.05, 4.69) is 0 Å². The van der Waals surface area contributed by atoms with Crippen molar-refractivity contribution in [2.24, 2.45) is 4.99 Å². The first-order chi connectivity index (χ1) is 22.7. The molecule has 2 aromatic heterocycles. The molecule has 0 spiro atoms. The van der Waals surface area contributed by atoms with Crippen molar-refractivity contribution in [1.29, 1.82) is 0 Å². The van der Waals surface area contributed by atoms with E-state index in [-0.39, 0.29) is 22.3 Å². The zero-order valence-electron chi connectivity index (χ0n) is 25.4. The van der Waals surface area contributed by atoms with Crippen molar-refractivity contribution in [3.8, 4) is 22.8 Å². The van der Waals surface area contributed by atoms with Crippen molar-refractivity contribution < 1.29 is 33.3 Å². The minimum Gasteiger partial charge on any atom is -0.493 e. The van der Waals surface area contributed by atoms with Crippen LogP contribution in [0, 0.1) is 0 Å². The minimum absolute atomic E-state index is 0.0532. The zero-order valence-corrected chi connectivity index (χ0v) is 26.9. The van der Waals surface area contributed by atoms with Crippen LogP contribution in [0.3, 0.4) is 0 Å². The second kappa shape index (κ2) is 13.1. The number of hydrogen-bond acceptors (Lipinski definition) is 9. The lowest BCUT2D eigenvalue weighted by Gasteiger charge is -2.26. The summed E-state index contributed by atoms with van der Waals surface area (Å²) in [5.74, 6) is -0.148. The highest BCUT2D eigenvalue weighted by Crippen LogP contribution is 2.38. The predicted octanol–water partition coefficient (Wildman–Crippen LogP) is 5.56. The van der Waals surface area contributed by atoms with E-state index in [1.54, 1.807) is 43.3 Å². The molecule has 1 aliphatic heterocycles. The molecule has 1 atom stereocenters. The number of halogens is 1. The van der Waals surface area contributed by atoms with Crippen molar-refractivity contribution in [1.82, 2.24) is 4.57 Å². The number of ether oxygens (including phenoxy) is 3. The first-order valence-corrected chi connectivity index (χ1v) is 15.6. The number of nitrogens with zero attached hydrogens (tertiary/aromatic N) is 2. The van der Waals surface area contributed by atoms with Gasteiger partial charge in [0.1, 0.15) is 11.5 Å². The molecule has 10 nitrogen and oxygen atoms in total. The van der Waals surface area contributed by atoms with E-state index in [4.69, 9.17) is 35.2 Å². The van der Waals surface area contributed by atoms with Gasteiger partial charge in [-0.3, -0.25) is 9.36 Å². The van der Waals surface area contributed by atoms with Crippen LogP contribution in [-0.2, 0) is 9.53 Å². The average Bonchev–Trinajstić information content (AvgIpc) is 3.67. The number of carboxylic acid groups (broad SMARTS) is 1. The molecule has 3 aromatic carbocycles. The van der Waals surface area contributed by atoms with E-state index >= 15 is 0 Å². The van der Waals surface area contributed by atoms with E-state index in [0.29, 0.717) is 55.2 Å². The number of hydrogen-bond donors (Lipinski definition) is 1. The lowest BCUT2D eigenvalue weighted by molar-refractivity contribution is -0.138. The van der Waals surface area contributed by atoms with E-state index in [1.807, 2.05) is 30.3 Å². The van der Waals surface area contributed by atoms with Gasteiger partial charge in [0.2, 0.25) is 0 Å². The fraction of sp³-hybridized carbons (Fsp3) is 0.143. The number of fused-ring (bicyclic) bond motifs is 1. The van der Waals surface area contributed by atoms with Gasteiger partial charge < -0.3 is 23.7 Å². The number of thiazole rings is 1. The number of methoxy groups -OCH3 is 2. The van der Waals surface area contributed by atoms with Crippen LogP contribution >= 0.6 is 22.9 Å². The molecular formula is C35H27ClN2O8S. The van der Waals surface area contributed by atoms with Gasteiger partial charge >= 0.3 is 11.9 Å². The van der Waals surface area contributed by atoms with Gasteiger partial charge in [-0.25, -0.2) is 14.6 Å². The molecule has 1 aliphatic rings. The molecule has 5 aromatic rings. The summed E-state index contributed by atoms with van der Waals surface area (Å²) in [5, 5.41) is 9.73. The highest BCUT2D eigenvalue weighted by Gasteiger charge is 2.35. The summed E-state index contributed by atoms with van der Waals surface area (Å²) in [6.45, 7) is 1.83. The first kappa shape index (κ1) is 31.6. The Morgan fingerprint density at radius 2 is 1.79 bits per heavy atom. The molecule has 0 saturated heterocycles. The van der Waals surface area contributed by atoms with Gasteiger partial charge in [0.25, 0.3) is 5.56 Å². The van der Waals surface area contributed by atoms with Gasteiger partial charge in [-0.05, 0) is 55.0 Å². The number of carbonyl (C=O) groups is 2. The molecule has 238 valence electrons. The summed E-state index contributed by atoms with van der Waals surface area (Å²) in [5.41, 5.74) is 1.86. The van der Waals surface area contributed by atoms with Crippen LogP contribution in [0.15, 0.2) is 98.6 Å². The highest BCUT2D eigenvalue weighted by molar-refractivity contribution is 7.07. The Morgan fingerprint density at radius 3 is 2.49 bits per heavy atom. The number of esters is 1. The van der Waals surface area contributed by atoms with Gasteiger partial charge in [0, 0.05) is 17.2 Å². The third kappa shape index (κ3) is 5.98. The third-order valence-electron chi connectivity index (χ3n) is 7.48. The number of furan rings is 1. The molecule has 3 heterocycles. The molecule has 1 N–H and O–H groups in total. The summed E-state index contributed by atoms with van der Waals surface area (Å²) in [4.78, 5) is 44.7. The van der Waals surface area contributed by atoms with Crippen LogP contribution in [-0.4, -0.2) is 42.4 Å². The molecule has 0 saturated carbocycles. The van der Waals surface area contributed by atoms with Crippen LogP contribution in [0.4, 0.5) is 0 Å². The summed E-state index contributed by atoms with van der Waals surface area (Å²) < 4.78 is 24.3. The molecular weight excluding hydrogens is 644 g/mol. The lowest BCUT2D eigenvalue weighted by Crippen LogP contribution is -2.40. The normalized spacial score (nSPS) is 14.4. The highest BCUT2D eigenvalue weighted by atomic mass is 35.5. The summed E-state index contributed by atoms with van der Waals surface area (Å²) in [6, 6.07) is 21.1. The number of carbonyl (C=O) groups excluding carboxylic acids is 1. The number of rotatable bonds is 9. The van der Waals surface area contributed by atoms with Crippen LogP contribution in [0.25, 0.3) is 23.1 Å². The molecule has 0 unspecified atom stereocenters. The molecule has 0 fully saturated rings. The van der Waals surface area contributed by atoms with Crippen molar-refractivity contribution in [2.45, 2.75) is 13.0 Å². The Balaban J connectivity index is 1.57. The van der Waals surface area contributed by atoms with Gasteiger partial charge in [0.05, 0.1) is 53.3 Å². The van der Waals surface area contributed by atoms with Crippen LogP contribution in [0.1, 0.15) is 40.2 Å². The second-order valence-electron chi connectivity index (χ2n) is 10.2. The van der Waals surface area contributed by atoms with Gasteiger partial charge in [-0.15, -0.1) is 0 Å². The number of carboxylic acids is 1. The SMILES string of the molecule is CCOC(=O)C1=C(c2ccccc2)N=c2s/c(=C\c3ccc(-c4cc(C(=O)O)ccc4Cl)o3)c(=O)n2[C@@H]1c1ccc(OC)c(OC)c1.